The normalized spacial score (nSPS) is 67.9. The van der Waals surface area contributed by atoms with Gasteiger partial charge in [0.2, 0.25) is 0 Å². The second kappa shape index (κ2) is 2.58. The maximum atomic E-state index is 8.40. The highest BCUT2D eigenvalue weighted by Gasteiger charge is 2.98. The molecule has 0 N–H and O–H groups in total. The Bertz CT molecular complexity index is 543. The Morgan fingerprint density at radius 3 is 2.25 bits per heavy atom. The van der Waals surface area contributed by atoms with Gasteiger partial charge in [0.25, 0.3) is 0 Å². The predicted molar refractivity (Wildman–Crippen MR) is 69.0 cm³/mol. The summed E-state index contributed by atoms with van der Waals surface area (Å²) in [7, 11) is 3.32. The quantitative estimate of drug-likeness (QED) is 0.730. The van der Waals surface area contributed by atoms with Crippen molar-refractivity contribution in [2.45, 2.75) is 17.6 Å². The van der Waals surface area contributed by atoms with Crippen LogP contribution in [-0.2, 0) is 14.2 Å². The topological polar surface area (TPSA) is 27.7 Å². The molecule has 0 amide bonds. The summed E-state index contributed by atoms with van der Waals surface area (Å²) in [6.45, 7) is 12.6. The fraction of sp³-hybridized carbons (Fsp3) is 0.765. The van der Waals surface area contributed by atoms with E-state index in [-0.39, 0.29) is 5.60 Å². The van der Waals surface area contributed by atoms with E-state index in [1.165, 1.54) is 6.42 Å². The van der Waals surface area contributed by atoms with Gasteiger partial charge in [-0.25, -0.2) is 0 Å². The van der Waals surface area contributed by atoms with Crippen LogP contribution in [0.2, 0.25) is 0 Å². The van der Waals surface area contributed by atoms with Crippen molar-refractivity contribution in [1.29, 1.82) is 0 Å². The molecule has 0 aromatic rings. The Kier molecular flexibility index (Phi) is 1.38. The minimum Gasteiger partial charge on any atom is -0.499 e. The number of rotatable bonds is 4. The minimum atomic E-state index is -0.442. The third kappa shape index (κ3) is 0.606. The van der Waals surface area contributed by atoms with Gasteiger partial charge in [0.05, 0.1) is 14.2 Å². The summed E-state index contributed by atoms with van der Waals surface area (Å²) < 4.78 is 17.6. The van der Waals surface area contributed by atoms with Gasteiger partial charge in [-0.05, 0) is 30.1 Å². The highest BCUT2D eigenvalue weighted by molar-refractivity contribution is 5.50. The minimum absolute atomic E-state index is 0.300. The molecule has 104 valence electrons. The van der Waals surface area contributed by atoms with Gasteiger partial charge in [0.15, 0.2) is 0 Å². The molecule has 2 heterocycles. The molecule has 4 bridgehead atoms. The zero-order valence-electron chi connectivity index (χ0n) is 11.8. The van der Waals surface area contributed by atoms with E-state index in [2.05, 4.69) is 6.58 Å². The Hall–Kier alpha value is -0.960. The molecule has 3 nitrogen and oxygen atoms in total. The second-order valence-corrected chi connectivity index (χ2v) is 7.67. The van der Waals surface area contributed by atoms with E-state index in [4.69, 9.17) is 20.8 Å². The number of hydrogen-bond donors (Lipinski definition) is 0. The summed E-state index contributed by atoms with van der Waals surface area (Å²) in [5.41, 5.74) is -0.741. The highest BCUT2D eigenvalue weighted by Crippen LogP contribution is 2.94. The van der Waals surface area contributed by atoms with Crippen molar-refractivity contribution in [1.82, 2.24) is 0 Å². The lowest BCUT2D eigenvalue weighted by Gasteiger charge is -2.47. The van der Waals surface area contributed by atoms with E-state index < -0.39 is 5.60 Å². The van der Waals surface area contributed by atoms with Crippen LogP contribution in [0, 0.1) is 53.9 Å². The molecule has 2 aliphatic heterocycles. The van der Waals surface area contributed by atoms with Crippen LogP contribution < -0.4 is 0 Å². The van der Waals surface area contributed by atoms with E-state index in [0.29, 0.717) is 29.4 Å². The summed E-state index contributed by atoms with van der Waals surface area (Å²) in [6, 6.07) is 0. The van der Waals surface area contributed by atoms with Gasteiger partial charge in [-0.1, -0.05) is 6.58 Å². The van der Waals surface area contributed by atoms with Crippen LogP contribution >= 0.6 is 0 Å². The highest BCUT2D eigenvalue weighted by atomic mass is 16.6. The molecule has 20 heavy (non-hydrogen) atoms. The number of methoxy groups -OCH3 is 2. The van der Waals surface area contributed by atoms with E-state index >= 15 is 0 Å². The Morgan fingerprint density at radius 2 is 1.65 bits per heavy atom. The summed E-state index contributed by atoms with van der Waals surface area (Å²) in [4.78, 5) is 0. The van der Waals surface area contributed by atoms with Gasteiger partial charge in [-0.2, -0.15) is 0 Å². The molecule has 5 aliphatic carbocycles. The molecular formula is C17H18O3. The first-order valence-corrected chi connectivity index (χ1v) is 7.71. The summed E-state index contributed by atoms with van der Waals surface area (Å²) >= 11 is 0. The van der Waals surface area contributed by atoms with E-state index in [0.717, 1.165) is 29.4 Å². The van der Waals surface area contributed by atoms with Crippen LogP contribution in [0.15, 0.2) is 18.1 Å². The zero-order valence-corrected chi connectivity index (χ0v) is 11.8. The summed E-state index contributed by atoms with van der Waals surface area (Å²) in [5, 5.41) is 0. The molecule has 7 rings (SSSR count). The largest absolute Gasteiger partial charge is 0.499 e. The molecule has 5 saturated carbocycles. The number of hydrogen-bond acceptors (Lipinski definition) is 3. The third-order valence-corrected chi connectivity index (χ3v) is 8.06. The Balaban J connectivity index is 1.64. The molecule has 2 saturated heterocycles. The van der Waals surface area contributed by atoms with Crippen LogP contribution in [0.5, 0.6) is 0 Å². The van der Waals surface area contributed by atoms with E-state index in [1.54, 1.807) is 14.2 Å². The first-order valence-electron chi connectivity index (χ1n) is 7.71. The lowest BCUT2D eigenvalue weighted by Crippen LogP contribution is -2.52. The van der Waals surface area contributed by atoms with Crippen molar-refractivity contribution < 1.29 is 14.2 Å². The molecule has 3 heteroatoms. The van der Waals surface area contributed by atoms with E-state index in [9.17, 15) is 0 Å². The molecule has 10 unspecified atom stereocenters. The summed E-state index contributed by atoms with van der Waals surface area (Å²) in [6.07, 6.45) is 1.35. The fourth-order valence-corrected chi connectivity index (χ4v) is 8.22. The van der Waals surface area contributed by atoms with Crippen LogP contribution in [0.3, 0.4) is 0 Å². The standard InChI is InChI=1S/C17H18O3/c1-6(18-3)16-12-8-5-9-11-10(8)14(16)15(11)17(20-16,13(9)12)7(2)19-4/h8-15H,1,5H2,3-4H3. The first-order chi connectivity index (χ1) is 9.64. The van der Waals surface area contributed by atoms with Crippen LogP contribution in [0.25, 0.3) is 0 Å². The van der Waals surface area contributed by atoms with Crippen molar-refractivity contribution in [3.8, 4) is 0 Å². The van der Waals surface area contributed by atoms with Gasteiger partial charge >= 0.3 is 0 Å². The molecule has 0 aromatic heterocycles. The van der Waals surface area contributed by atoms with Crippen LogP contribution in [-0.4, -0.2) is 25.4 Å². The maximum absolute atomic E-state index is 8.40. The Labute approximate surface area is 119 Å². The van der Waals surface area contributed by atoms with Crippen molar-refractivity contribution >= 4 is 0 Å². The smallest absolute Gasteiger partial charge is 0.137 e. The second-order valence-electron chi connectivity index (χ2n) is 7.67. The van der Waals surface area contributed by atoms with Gasteiger partial charge in [-0.15, -0.1) is 0 Å². The summed E-state index contributed by atoms with van der Waals surface area (Å²) in [5.74, 6) is 6.36. The maximum Gasteiger partial charge on any atom is 0.137 e. The van der Waals surface area contributed by atoms with Gasteiger partial charge < -0.3 is 14.2 Å². The lowest BCUT2D eigenvalue weighted by molar-refractivity contribution is -0.0744. The molecule has 0 aromatic carbocycles. The molecule has 7 aliphatic rings. The van der Waals surface area contributed by atoms with Crippen LogP contribution in [0.4, 0.5) is 0 Å². The molecule has 10 atom stereocenters. The van der Waals surface area contributed by atoms with Crippen molar-refractivity contribution in [3.63, 3.8) is 0 Å². The average Bonchev–Trinajstić information content (AvgIpc) is 3.07. The van der Waals surface area contributed by atoms with Gasteiger partial charge in [0.1, 0.15) is 22.7 Å². The predicted octanol–water partition coefficient (Wildman–Crippen LogP) is 1.88. The Morgan fingerprint density at radius 1 is 1.05 bits per heavy atom. The molecular weight excluding hydrogens is 252 g/mol. The van der Waals surface area contributed by atoms with E-state index in [1.807, 2.05) is 0 Å². The van der Waals surface area contributed by atoms with Crippen molar-refractivity contribution in [3.05, 3.63) is 24.7 Å². The zero-order chi connectivity index (χ0) is 13.6. The van der Waals surface area contributed by atoms with Gasteiger partial charge in [0, 0.05) is 30.3 Å². The monoisotopic (exact) mass is 270 g/mol. The molecule has 0 spiro atoms. The third-order valence-electron chi connectivity index (χ3n) is 8.06. The SMILES string of the molecule is [C]=C(OC)C12OC3(C(=C)OC)C4C5CC(C6C5C3C61)C42. The van der Waals surface area contributed by atoms with Gasteiger partial charge in [-0.3, -0.25) is 0 Å². The van der Waals surface area contributed by atoms with Crippen molar-refractivity contribution in [2.24, 2.45) is 47.3 Å². The average molecular weight is 270 g/mol. The van der Waals surface area contributed by atoms with Crippen LogP contribution in [0.1, 0.15) is 6.42 Å². The fourth-order valence-electron chi connectivity index (χ4n) is 8.22. The molecule has 7 fully saturated rings. The number of ether oxygens (including phenoxy) is 3. The molecule has 2 radical (unpaired) electrons. The van der Waals surface area contributed by atoms with Crippen molar-refractivity contribution in [2.75, 3.05) is 14.2 Å². The first kappa shape index (κ1) is 10.7. The lowest BCUT2D eigenvalue weighted by atomic mass is 9.54.